The summed E-state index contributed by atoms with van der Waals surface area (Å²) in [6.45, 7) is 9.64. The number of ether oxygens (including phenoxy) is 3. The first-order chi connectivity index (χ1) is 32.7. The first-order valence-electron chi connectivity index (χ1n) is 22.8. The molecule has 0 spiro atoms. The highest BCUT2D eigenvalue weighted by Gasteiger charge is 2.33. The maximum Gasteiger partial charge on any atom is 0.413 e. The van der Waals surface area contributed by atoms with Gasteiger partial charge in [0.2, 0.25) is 11.8 Å². The molecule has 0 saturated carbocycles. The average Bonchev–Trinajstić information content (AvgIpc) is 3.34. The van der Waals surface area contributed by atoms with Crippen molar-refractivity contribution in [2.45, 2.75) is 84.5 Å². The van der Waals surface area contributed by atoms with Gasteiger partial charge in [-0.3, -0.25) is 25.2 Å². The molecule has 1 aliphatic rings. The molecule has 0 bridgehead atoms. The summed E-state index contributed by atoms with van der Waals surface area (Å²) in [5.74, 6) is -1.10. The van der Waals surface area contributed by atoms with E-state index in [4.69, 9.17) is 19.6 Å². The number of aryl methyl sites for hydroxylation is 1. The van der Waals surface area contributed by atoms with Crippen molar-refractivity contribution in [1.29, 1.82) is 5.41 Å². The SMILES string of the molecule is C[C@H](NC(=O)[C@@H](CCc1ccccc1)N(Cc1ccc(N2CCN(C(=O)OC(C)(C)C)CC2)cc1)C(=O)OCc1ccccc1)C(=O)NCc1ccc(C(=N)NC(=O)OCc2ccccc2)cc1. The molecule has 4 N–H and O–H groups in total. The van der Waals surface area contributed by atoms with Gasteiger partial charge >= 0.3 is 18.3 Å². The van der Waals surface area contributed by atoms with Crippen LogP contribution in [0.4, 0.5) is 20.1 Å². The third-order valence-electron chi connectivity index (χ3n) is 11.2. The second-order valence-electron chi connectivity index (χ2n) is 17.5. The van der Waals surface area contributed by atoms with Crippen molar-refractivity contribution in [1.82, 2.24) is 25.8 Å². The Morgan fingerprint density at radius 1 is 0.662 bits per heavy atom. The lowest BCUT2D eigenvalue weighted by Crippen LogP contribution is -2.54. The lowest BCUT2D eigenvalue weighted by Gasteiger charge is -2.37. The molecule has 0 unspecified atom stereocenters. The molecule has 1 fully saturated rings. The number of rotatable bonds is 17. The molecule has 5 aromatic rings. The molecule has 6 rings (SSSR count). The number of amidine groups is 1. The topological polar surface area (TPSA) is 183 Å². The zero-order chi connectivity index (χ0) is 48.5. The van der Waals surface area contributed by atoms with E-state index in [1.54, 1.807) is 36.1 Å². The molecule has 5 amide bonds. The number of amides is 5. The van der Waals surface area contributed by atoms with Crippen molar-refractivity contribution in [3.63, 3.8) is 0 Å². The second-order valence-corrected chi connectivity index (χ2v) is 17.5. The number of benzene rings is 5. The van der Waals surface area contributed by atoms with Gasteiger partial charge < -0.3 is 34.6 Å². The van der Waals surface area contributed by atoms with Crippen molar-refractivity contribution < 1.29 is 38.2 Å². The standard InChI is InChI=1S/C53H61N7O8/c1-38(48(61)55-34-40-20-25-44(26-21-40)47(54)57-50(63)66-36-42-16-10-6-11-17-42)56-49(62)46(29-24-39-14-8-5-9-15-39)60(52(65)67-37-43-18-12-7-13-19-43)35-41-22-27-45(28-23-41)58-30-32-59(33-31-58)51(64)68-53(2,3)4/h5-23,25-28,38,46H,24,29-37H2,1-4H3,(H,55,61)(H,56,62)(H2,54,57,63)/t38-,46+/m0/s1. The molecule has 1 aliphatic heterocycles. The number of nitrogens with zero attached hydrogens (tertiary/aromatic N) is 3. The van der Waals surface area contributed by atoms with Gasteiger partial charge in [0.15, 0.2) is 0 Å². The number of nitrogens with one attached hydrogen (secondary N) is 4. The maximum atomic E-state index is 14.4. The molecule has 15 nitrogen and oxygen atoms in total. The Morgan fingerprint density at radius 3 is 1.78 bits per heavy atom. The van der Waals surface area contributed by atoms with E-state index in [2.05, 4.69) is 20.9 Å². The normalized spacial score (nSPS) is 13.3. The van der Waals surface area contributed by atoms with Crippen LogP contribution < -0.4 is 20.9 Å². The molecular weight excluding hydrogens is 863 g/mol. The summed E-state index contributed by atoms with van der Waals surface area (Å²) >= 11 is 0. The predicted octanol–water partition coefficient (Wildman–Crippen LogP) is 7.96. The molecule has 5 aromatic carbocycles. The van der Waals surface area contributed by atoms with Crippen LogP contribution in [0, 0.1) is 5.41 Å². The van der Waals surface area contributed by atoms with Gasteiger partial charge in [-0.25, -0.2) is 14.4 Å². The zero-order valence-corrected chi connectivity index (χ0v) is 39.1. The third-order valence-corrected chi connectivity index (χ3v) is 11.2. The van der Waals surface area contributed by atoms with Gasteiger partial charge in [0, 0.05) is 50.5 Å². The molecule has 356 valence electrons. The Hall–Kier alpha value is -7.68. The highest BCUT2D eigenvalue weighted by atomic mass is 16.6. The van der Waals surface area contributed by atoms with Crippen LogP contribution in [0.5, 0.6) is 0 Å². The summed E-state index contributed by atoms with van der Waals surface area (Å²) in [6, 6.07) is 40.7. The van der Waals surface area contributed by atoms with E-state index in [1.807, 2.05) is 136 Å². The van der Waals surface area contributed by atoms with Crippen LogP contribution in [0.15, 0.2) is 140 Å². The Morgan fingerprint density at radius 2 is 1.21 bits per heavy atom. The first-order valence-corrected chi connectivity index (χ1v) is 22.8. The van der Waals surface area contributed by atoms with Gasteiger partial charge in [0.25, 0.3) is 0 Å². The van der Waals surface area contributed by atoms with E-state index >= 15 is 0 Å². The lowest BCUT2D eigenvalue weighted by molar-refractivity contribution is -0.131. The molecule has 1 saturated heterocycles. The lowest BCUT2D eigenvalue weighted by atomic mass is 10.0. The number of alkyl carbamates (subject to hydrolysis) is 1. The van der Waals surface area contributed by atoms with Crippen LogP contribution in [-0.4, -0.2) is 89.6 Å². The van der Waals surface area contributed by atoms with Crippen LogP contribution in [0.2, 0.25) is 0 Å². The van der Waals surface area contributed by atoms with Gasteiger partial charge in [-0.05, 0) is 80.5 Å². The number of carbonyl (C=O) groups is 5. The van der Waals surface area contributed by atoms with E-state index < -0.39 is 41.7 Å². The maximum absolute atomic E-state index is 14.4. The highest BCUT2D eigenvalue weighted by Crippen LogP contribution is 2.22. The largest absolute Gasteiger partial charge is 0.445 e. The Balaban J connectivity index is 1.10. The second kappa shape index (κ2) is 24.2. The molecule has 0 aliphatic carbocycles. The predicted molar refractivity (Wildman–Crippen MR) is 260 cm³/mol. The summed E-state index contributed by atoms with van der Waals surface area (Å²) in [6.07, 6.45) is -1.05. The molecule has 1 heterocycles. The molecule has 15 heteroatoms. The Bertz CT molecular complexity index is 2440. The summed E-state index contributed by atoms with van der Waals surface area (Å²) in [4.78, 5) is 72.4. The number of hydrogen-bond acceptors (Lipinski definition) is 10. The minimum atomic E-state index is -1.03. The number of anilines is 1. The molecular formula is C53H61N7O8. The smallest absolute Gasteiger partial charge is 0.413 e. The van der Waals surface area contributed by atoms with E-state index in [0.29, 0.717) is 38.2 Å². The fourth-order valence-electron chi connectivity index (χ4n) is 7.40. The number of hydrogen-bond donors (Lipinski definition) is 4. The summed E-state index contributed by atoms with van der Waals surface area (Å²) in [5.41, 5.74) is 4.90. The van der Waals surface area contributed by atoms with Crippen LogP contribution >= 0.6 is 0 Å². The van der Waals surface area contributed by atoms with E-state index in [1.165, 1.54) is 4.90 Å². The first kappa shape index (κ1) is 49.7. The van der Waals surface area contributed by atoms with E-state index in [0.717, 1.165) is 33.5 Å². The quantitative estimate of drug-likeness (QED) is 0.0409. The van der Waals surface area contributed by atoms with Crippen molar-refractivity contribution >= 4 is 41.6 Å². The van der Waals surface area contributed by atoms with Crippen LogP contribution in [0.3, 0.4) is 0 Å². The monoisotopic (exact) mass is 923 g/mol. The van der Waals surface area contributed by atoms with Crippen molar-refractivity contribution in [2.75, 3.05) is 31.1 Å². The van der Waals surface area contributed by atoms with Crippen LogP contribution in [-0.2, 0) is 56.5 Å². The molecule has 68 heavy (non-hydrogen) atoms. The van der Waals surface area contributed by atoms with Gasteiger partial charge in [-0.2, -0.15) is 0 Å². The third kappa shape index (κ3) is 15.5. The van der Waals surface area contributed by atoms with E-state index in [-0.39, 0.29) is 44.7 Å². The van der Waals surface area contributed by atoms with Crippen molar-refractivity contribution in [3.05, 3.63) is 173 Å². The number of piperazine rings is 1. The molecule has 2 atom stereocenters. The Labute approximate surface area is 398 Å². The van der Waals surface area contributed by atoms with Crippen molar-refractivity contribution in [3.8, 4) is 0 Å². The fraction of sp³-hybridized carbons (Fsp3) is 0.321. The van der Waals surface area contributed by atoms with E-state index in [9.17, 15) is 24.0 Å². The van der Waals surface area contributed by atoms with Gasteiger partial charge in [-0.15, -0.1) is 0 Å². The number of carbonyl (C=O) groups excluding carboxylic acids is 5. The molecule has 0 radical (unpaired) electrons. The van der Waals surface area contributed by atoms with Gasteiger partial charge in [0.1, 0.15) is 36.7 Å². The van der Waals surface area contributed by atoms with Crippen LogP contribution in [0.25, 0.3) is 0 Å². The zero-order valence-electron chi connectivity index (χ0n) is 39.1. The summed E-state index contributed by atoms with van der Waals surface area (Å²) in [7, 11) is 0. The van der Waals surface area contributed by atoms with Gasteiger partial charge in [0.05, 0.1) is 0 Å². The van der Waals surface area contributed by atoms with Crippen molar-refractivity contribution in [2.24, 2.45) is 0 Å². The summed E-state index contributed by atoms with van der Waals surface area (Å²) < 4.78 is 16.7. The summed E-state index contributed by atoms with van der Waals surface area (Å²) in [5, 5.41) is 16.5. The van der Waals surface area contributed by atoms with Gasteiger partial charge in [-0.1, -0.05) is 127 Å². The fourth-order valence-corrected chi connectivity index (χ4v) is 7.40. The Kier molecular flexibility index (Phi) is 17.7. The molecule has 0 aromatic heterocycles. The van der Waals surface area contributed by atoms with Crippen LogP contribution in [0.1, 0.15) is 67.5 Å². The average molecular weight is 924 g/mol. The minimum absolute atomic E-state index is 0.00383. The highest BCUT2D eigenvalue weighted by molar-refractivity contribution is 6.04. The minimum Gasteiger partial charge on any atom is -0.445 e.